The summed E-state index contributed by atoms with van der Waals surface area (Å²) in [5, 5.41) is 7.12. The van der Waals surface area contributed by atoms with Gasteiger partial charge < -0.3 is 14.6 Å². The van der Waals surface area contributed by atoms with Crippen LogP contribution in [0.1, 0.15) is 32.0 Å². The number of aryl methyl sites for hydroxylation is 2. The molecule has 16 heavy (non-hydrogen) atoms. The highest BCUT2D eigenvalue weighted by molar-refractivity contribution is 4.82. The van der Waals surface area contributed by atoms with E-state index >= 15 is 0 Å². The second kappa shape index (κ2) is 7.35. The van der Waals surface area contributed by atoms with Crippen LogP contribution >= 0.6 is 0 Å². The third-order valence-corrected chi connectivity index (χ3v) is 2.20. The standard InChI is InChI=1S/C11H21N3O2/c1-4-15-8-9(2)12-7-5-6-11-13-10(3)14-16-11/h9,12H,4-8H2,1-3H3. The fourth-order valence-electron chi connectivity index (χ4n) is 1.38. The van der Waals surface area contributed by atoms with Gasteiger partial charge in [-0.3, -0.25) is 0 Å². The van der Waals surface area contributed by atoms with Gasteiger partial charge in [0.2, 0.25) is 5.89 Å². The van der Waals surface area contributed by atoms with E-state index < -0.39 is 0 Å². The smallest absolute Gasteiger partial charge is 0.226 e. The van der Waals surface area contributed by atoms with E-state index in [1.807, 2.05) is 13.8 Å². The molecule has 0 aromatic carbocycles. The Hall–Kier alpha value is -0.940. The molecule has 1 unspecified atom stereocenters. The maximum atomic E-state index is 5.31. The molecule has 92 valence electrons. The monoisotopic (exact) mass is 227 g/mol. The number of rotatable bonds is 8. The van der Waals surface area contributed by atoms with Crippen molar-refractivity contribution in [2.75, 3.05) is 19.8 Å². The molecule has 1 heterocycles. The lowest BCUT2D eigenvalue weighted by Crippen LogP contribution is -2.31. The van der Waals surface area contributed by atoms with E-state index in [4.69, 9.17) is 9.26 Å². The van der Waals surface area contributed by atoms with Crippen LogP contribution in [0.2, 0.25) is 0 Å². The summed E-state index contributed by atoms with van der Waals surface area (Å²) in [6, 6.07) is 0.393. The van der Waals surface area contributed by atoms with Crippen molar-refractivity contribution in [2.24, 2.45) is 0 Å². The van der Waals surface area contributed by atoms with Crippen LogP contribution in [0.4, 0.5) is 0 Å². The quantitative estimate of drug-likeness (QED) is 0.679. The Morgan fingerprint density at radius 2 is 2.31 bits per heavy atom. The highest BCUT2D eigenvalue weighted by Crippen LogP contribution is 1.99. The fraction of sp³-hybridized carbons (Fsp3) is 0.818. The summed E-state index contributed by atoms with van der Waals surface area (Å²) >= 11 is 0. The van der Waals surface area contributed by atoms with Crippen molar-refractivity contribution < 1.29 is 9.26 Å². The average molecular weight is 227 g/mol. The first kappa shape index (κ1) is 13.1. The molecule has 0 spiro atoms. The van der Waals surface area contributed by atoms with Gasteiger partial charge in [-0.2, -0.15) is 4.98 Å². The van der Waals surface area contributed by atoms with Crippen molar-refractivity contribution in [3.8, 4) is 0 Å². The number of ether oxygens (including phenoxy) is 1. The summed E-state index contributed by atoms with van der Waals surface area (Å²) in [7, 11) is 0. The highest BCUT2D eigenvalue weighted by Gasteiger charge is 2.03. The second-order valence-electron chi connectivity index (χ2n) is 3.85. The van der Waals surface area contributed by atoms with Gasteiger partial charge in [0.1, 0.15) is 0 Å². The van der Waals surface area contributed by atoms with E-state index in [2.05, 4.69) is 22.4 Å². The van der Waals surface area contributed by atoms with E-state index in [1.54, 1.807) is 0 Å². The van der Waals surface area contributed by atoms with Gasteiger partial charge in [-0.25, -0.2) is 0 Å². The van der Waals surface area contributed by atoms with Gasteiger partial charge in [-0.1, -0.05) is 5.16 Å². The Balaban J connectivity index is 2.03. The maximum Gasteiger partial charge on any atom is 0.226 e. The molecule has 1 aromatic rings. The highest BCUT2D eigenvalue weighted by atomic mass is 16.5. The Kier molecular flexibility index (Phi) is 6.03. The molecule has 0 radical (unpaired) electrons. The van der Waals surface area contributed by atoms with Crippen molar-refractivity contribution in [1.29, 1.82) is 0 Å². The molecule has 1 atom stereocenters. The first-order valence-electron chi connectivity index (χ1n) is 5.82. The Morgan fingerprint density at radius 3 is 2.94 bits per heavy atom. The lowest BCUT2D eigenvalue weighted by Gasteiger charge is -2.12. The van der Waals surface area contributed by atoms with Gasteiger partial charge in [0.25, 0.3) is 0 Å². The van der Waals surface area contributed by atoms with Crippen molar-refractivity contribution >= 4 is 0 Å². The number of nitrogens with zero attached hydrogens (tertiary/aromatic N) is 2. The average Bonchev–Trinajstić information content (AvgIpc) is 2.67. The lowest BCUT2D eigenvalue weighted by atomic mass is 10.3. The van der Waals surface area contributed by atoms with Crippen LogP contribution in [0, 0.1) is 6.92 Å². The van der Waals surface area contributed by atoms with Gasteiger partial charge in [0, 0.05) is 19.1 Å². The molecule has 5 heteroatoms. The molecule has 0 aliphatic rings. The molecule has 0 fully saturated rings. The van der Waals surface area contributed by atoms with Crippen LogP contribution in [0.3, 0.4) is 0 Å². The zero-order chi connectivity index (χ0) is 11.8. The number of aromatic nitrogens is 2. The molecule has 0 amide bonds. The topological polar surface area (TPSA) is 60.2 Å². The van der Waals surface area contributed by atoms with E-state index in [0.29, 0.717) is 11.9 Å². The molecule has 1 aromatic heterocycles. The van der Waals surface area contributed by atoms with Crippen LogP contribution in [0.25, 0.3) is 0 Å². The minimum atomic E-state index is 0.393. The van der Waals surface area contributed by atoms with Gasteiger partial charge in [0.15, 0.2) is 5.82 Å². The molecule has 0 bridgehead atoms. The molecule has 5 nitrogen and oxygen atoms in total. The van der Waals surface area contributed by atoms with E-state index in [9.17, 15) is 0 Å². The van der Waals surface area contributed by atoms with Crippen LogP contribution in [-0.4, -0.2) is 35.9 Å². The summed E-state index contributed by atoms with van der Waals surface area (Å²) < 4.78 is 10.3. The fourth-order valence-corrected chi connectivity index (χ4v) is 1.38. The zero-order valence-corrected chi connectivity index (χ0v) is 10.3. The van der Waals surface area contributed by atoms with Crippen LogP contribution < -0.4 is 5.32 Å². The Bertz CT molecular complexity index is 289. The maximum absolute atomic E-state index is 5.31. The minimum Gasteiger partial charge on any atom is -0.380 e. The molecule has 0 aliphatic heterocycles. The van der Waals surface area contributed by atoms with Crippen molar-refractivity contribution in [3.63, 3.8) is 0 Å². The lowest BCUT2D eigenvalue weighted by molar-refractivity contribution is 0.127. The van der Waals surface area contributed by atoms with E-state index in [-0.39, 0.29) is 0 Å². The van der Waals surface area contributed by atoms with Crippen LogP contribution in [0.15, 0.2) is 4.52 Å². The Labute approximate surface area is 96.6 Å². The molecule has 0 saturated heterocycles. The van der Waals surface area contributed by atoms with Gasteiger partial charge in [-0.15, -0.1) is 0 Å². The number of nitrogens with one attached hydrogen (secondary N) is 1. The van der Waals surface area contributed by atoms with Crippen LogP contribution in [0.5, 0.6) is 0 Å². The molecule has 0 aliphatic carbocycles. The number of hydrogen-bond donors (Lipinski definition) is 1. The van der Waals surface area contributed by atoms with E-state index in [0.717, 1.165) is 38.5 Å². The van der Waals surface area contributed by atoms with E-state index in [1.165, 1.54) is 0 Å². The largest absolute Gasteiger partial charge is 0.380 e. The normalized spacial score (nSPS) is 12.9. The minimum absolute atomic E-state index is 0.393. The number of hydrogen-bond acceptors (Lipinski definition) is 5. The van der Waals surface area contributed by atoms with Gasteiger partial charge in [0.05, 0.1) is 6.61 Å². The first-order valence-corrected chi connectivity index (χ1v) is 5.82. The third-order valence-electron chi connectivity index (χ3n) is 2.20. The molecule has 1 rings (SSSR count). The van der Waals surface area contributed by atoms with Crippen molar-refractivity contribution in [2.45, 2.75) is 39.7 Å². The summed E-state index contributed by atoms with van der Waals surface area (Å²) in [6.07, 6.45) is 1.83. The van der Waals surface area contributed by atoms with Gasteiger partial charge >= 0.3 is 0 Å². The van der Waals surface area contributed by atoms with Crippen molar-refractivity contribution in [1.82, 2.24) is 15.5 Å². The SMILES string of the molecule is CCOCC(C)NCCCc1nc(C)no1. The summed E-state index contributed by atoms with van der Waals surface area (Å²) in [4.78, 5) is 4.15. The van der Waals surface area contributed by atoms with Crippen LogP contribution in [-0.2, 0) is 11.2 Å². The molecular formula is C11H21N3O2. The predicted octanol–water partition coefficient (Wildman–Crippen LogP) is 1.33. The molecule has 0 saturated carbocycles. The summed E-state index contributed by atoms with van der Waals surface area (Å²) in [5.41, 5.74) is 0. The summed E-state index contributed by atoms with van der Waals surface area (Å²) in [6.45, 7) is 8.42. The Morgan fingerprint density at radius 1 is 1.50 bits per heavy atom. The molecule has 1 N–H and O–H groups in total. The predicted molar refractivity (Wildman–Crippen MR) is 61.3 cm³/mol. The zero-order valence-electron chi connectivity index (χ0n) is 10.3. The first-order chi connectivity index (χ1) is 7.72. The van der Waals surface area contributed by atoms with Gasteiger partial charge in [-0.05, 0) is 33.7 Å². The molecular weight excluding hydrogens is 206 g/mol. The summed E-state index contributed by atoms with van der Waals surface area (Å²) in [5.74, 6) is 1.42. The second-order valence-corrected chi connectivity index (χ2v) is 3.85. The third kappa shape index (κ3) is 5.23. The van der Waals surface area contributed by atoms with Crippen molar-refractivity contribution in [3.05, 3.63) is 11.7 Å².